The molecule has 2 fully saturated rings. The van der Waals surface area contributed by atoms with Crippen molar-refractivity contribution in [3.8, 4) is 0 Å². The molecule has 0 spiro atoms. The number of piperidine rings is 2. The maximum atomic E-state index is 13.5. The fourth-order valence-corrected chi connectivity index (χ4v) is 5.79. The highest BCUT2D eigenvalue weighted by molar-refractivity contribution is 6.30. The zero-order chi connectivity index (χ0) is 25.0. The van der Waals surface area contributed by atoms with Gasteiger partial charge in [0.1, 0.15) is 0 Å². The first kappa shape index (κ1) is 25.2. The number of aliphatic imine (C=N–C) groups is 2. The third-order valence-electron chi connectivity index (χ3n) is 7.96. The minimum absolute atomic E-state index is 0.0574. The Kier molecular flexibility index (Phi) is 7.89. The summed E-state index contributed by atoms with van der Waals surface area (Å²) < 4.78 is 0. The summed E-state index contributed by atoms with van der Waals surface area (Å²) in [5.41, 5.74) is 10.2. The lowest BCUT2D eigenvalue weighted by Crippen LogP contribution is -2.60. The van der Waals surface area contributed by atoms with Crippen LogP contribution in [-0.4, -0.2) is 72.4 Å². The van der Waals surface area contributed by atoms with Gasteiger partial charge in [-0.1, -0.05) is 30.2 Å². The van der Waals surface area contributed by atoms with E-state index in [1.165, 1.54) is 32.4 Å². The molecule has 4 aliphatic rings. The Balaban J connectivity index is 1.21. The first-order chi connectivity index (χ1) is 17.5. The molecule has 1 aromatic rings. The fourth-order valence-electron chi connectivity index (χ4n) is 5.66. The van der Waals surface area contributed by atoms with Gasteiger partial charge in [0.15, 0.2) is 0 Å². The van der Waals surface area contributed by atoms with Crippen molar-refractivity contribution >= 4 is 29.4 Å². The van der Waals surface area contributed by atoms with Crippen molar-refractivity contribution in [1.82, 2.24) is 15.1 Å². The number of rotatable bonds is 8. The molecule has 0 saturated carbocycles. The molecule has 0 radical (unpaired) electrons. The monoisotopic (exact) mass is 508 g/mol. The molecule has 4 aliphatic heterocycles. The molecule has 1 amide bonds. The molecule has 3 N–H and O–H groups in total. The highest BCUT2D eigenvalue weighted by Gasteiger charge is 2.39. The minimum Gasteiger partial charge on any atom is -0.370 e. The lowest BCUT2D eigenvalue weighted by Gasteiger charge is -2.41. The average molecular weight is 509 g/mol. The number of nitrogens with one attached hydrogen (secondary N) is 1. The molecule has 0 aliphatic carbocycles. The number of hydrogen-bond acceptors (Lipinski definition) is 6. The quantitative estimate of drug-likeness (QED) is 0.558. The number of fused-ring (bicyclic) bond motifs is 1. The van der Waals surface area contributed by atoms with Crippen molar-refractivity contribution in [2.45, 2.75) is 56.5 Å². The Morgan fingerprint density at radius 3 is 2.61 bits per heavy atom. The number of amides is 1. The normalized spacial score (nSPS) is 22.4. The second kappa shape index (κ2) is 11.3. The molecule has 1 aromatic carbocycles. The number of halogens is 1. The average Bonchev–Trinajstić information content (AvgIpc) is 3.39. The maximum absolute atomic E-state index is 13.5. The number of nitrogens with two attached hydrogens (primary N) is 1. The van der Waals surface area contributed by atoms with Gasteiger partial charge in [0.05, 0.1) is 29.5 Å². The van der Waals surface area contributed by atoms with Gasteiger partial charge in [-0.2, -0.15) is 0 Å². The number of carbonyl (C=O) groups is 1. The van der Waals surface area contributed by atoms with E-state index in [9.17, 15) is 4.79 Å². The molecule has 0 unspecified atom stereocenters. The zero-order valence-corrected chi connectivity index (χ0v) is 21.7. The topological polar surface area (TPSA) is 86.3 Å². The largest absolute Gasteiger partial charge is 0.370 e. The molecular formula is C28H37ClN6O. The van der Waals surface area contributed by atoms with Crippen LogP contribution in [0.1, 0.15) is 56.6 Å². The van der Waals surface area contributed by atoms with Crippen LogP contribution in [0.25, 0.3) is 0 Å². The Morgan fingerprint density at radius 2 is 1.86 bits per heavy atom. The summed E-state index contributed by atoms with van der Waals surface area (Å²) in [6.07, 6.45) is 12.9. The van der Waals surface area contributed by atoms with E-state index < -0.39 is 5.54 Å². The number of hydrogen-bond donors (Lipinski definition) is 2. The van der Waals surface area contributed by atoms with E-state index in [1.54, 1.807) is 0 Å². The van der Waals surface area contributed by atoms with Crippen molar-refractivity contribution < 1.29 is 4.79 Å². The molecule has 192 valence electrons. The fraction of sp³-hybridized carbons (Fsp3) is 0.536. The second-order valence-electron chi connectivity index (χ2n) is 10.4. The molecular weight excluding hydrogens is 472 g/mol. The van der Waals surface area contributed by atoms with Gasteiger partial charge in [0, 0.05) is 36.1 Å². The minimum atomic E-state index is -0.881. The summed E-state index contributed by atoms with van der Waals surface area (Å²) in [6.45, 7) is 5.51. The van der Waals surface area contributed by atoms with Crippen LogP contribution in [0.2, 0.25) is 5.02 Å². The van der Waals surface area contributed by atoms with Crippen molar-refractivity contribution in [3.63, 3.8) is 0 Å². The lowest BCUT2D eigenvalue weighted by atomic mass is 9.86. The Morgan fingerprint density at radius 1 is 1.11 bits per heavy atom. The molecule has 7 nitrogen and oxygen atoms in total. The summed E-state index contributed by atoms with van der Waals surface area (Å²) in [5.74, 6) is -0.0574. The van der Waals surface area contributed by atoms with Gasteiger partial charge in [0.25, 0.3) is 0 Å². The molecule has 8 heteroatoms. The van der Waals surface area contributed by atoms with Crippen molar-refractivity contribution in [2.24, 2.45) is 15.7 Å². The predicted molar refractivity (Wildman–Crippen MR) is 147 cm³/mol. The molecule has 4 heterocycles. The third-order valence-corrected chi connectivity index (χ3v) is 8.21. The van der Waals surface area contributed by atoms with E-state index >= 15 is 0 Å². The number of likely N-dealkylation sites (tertiary alicyclic amines) is 2. The number of dihydropyridines is 1. The Bertz CT molecular complexity index is 1060. The van der Waals surface area contributed by atoms with Crippen molar-refractivity contribution in [3.05, 3.63) is 58.4 Å². The van der Waals surface area contributed by atoms with Gasteiger partial charge in [0.2, 0.25) is 5.91 Å². The van der Waals surface area contributed by atoms with E-state index in [2.05, 4.69) is 25.1 Å². The highest BCUT2D eigenvalue weighted by atomic mass is 35.5. The van der Waals surface area contributed by atoms with E-state index in [-0.39, 0.29) is 11.9 Å². The molecule has 36 heavy (non-hydrogen) atoms. The van der Waals surface area contributed by atoms with Crippen LogP contribution in [0.3, 0.4) is 0 Å². The van der Waals surface area contributed by atoms with Crippen LogP contribution >= 0.6 is 11.6 Å². The summed E-state index contributed by atoms with van der Waals surface area (Å²) in [6, 6.07) is 7.76. The van der Waals surface area contributed by atoms with Crippen molar-refractivity contribution in [2.75, 3.05) is 39.3 Å². The van der Waals surface area contributed by atoms with Gasteiger partial charge in [-0.3, -0.25) is 14.8 Å². The lowest BCUT2D eigenvalue weighted by molar-refractivity contribution is -0.128. The third kappa shape index (κ3) is 5.74. The SMILES string of the molecule is NC1(C(=O)N[C@H](CCCN2CCCCC2)c2ccc(Cl)cc2)CCN(C2=C3C=CN=C3CN=C2)CC1. The smallest absolute Gasteiger partial charge is 0.240 e. The number of nitrogens with zero attached hydrogens (tertiary/aromatic N) is 4. The van der Waals surface area contributed by atoms with Gasteiger partial charge >= 0.3 is 0 Å². The van der Waals surface area contributed by atoms with Crippen molar-refractivity contribution in [1.29, 1.82) is 0 Å². The molecule has 1 atom stereocenters. The van der Waals surface area contributed by atoms with Crippen LogP contribution < -0.4 is 11.1 Å². The maximum Gasteiger partial charge on any atom is 0.240 e. The van der Waals surface area contributed by atoms with Gasteiger partial charge in [-0.15, -0.1) is 0 Å². The summed E-state index contributed by atoms with van der Waals surface area (Å²) >= 11 is 6.14. The standard InChI is InChI=1S/C28H37ClN6O/c29-22-8-6-21(7-9-22)24(5-4-16-34-14-2-1-3-15-34)33-27(36)28(30)11-17-35(18-12-28)26-20-31-19-25-23(26)10-13-32-25/h6-10,13,20,24H,1-5,11-12,14-19,30H2,(H,33,36)/t24-/m1/s1. The predicted octanol–water partition coefficient (Wildman–Crippen LogP) is 3.86. The number of allylic oxidation sites excluding steroid dienone is 2. The van der Waals surface area contributed by atoms with Crippen LogP contribution in [-0.2, 0) is 4.79 Å². The zero-order valence-electron chi connectivity index (χ0n) is 21.0. The Hall–Kier alpha value is -2.48. The second-order valence-corrected chi connectivity index (χ2v) is 10.9. The van der Waals surface area contributed by atoms with Gasteiger partial charge < -0.3 is 20.9 Å². The van der Waals surface area contributed by atoms with E-state index in [4.69, 9.17) is 17.3 Å². The molecule has 2 saturated heterocycles. The highest BCUT2D eigenvalue weighted by Crippen LogP contribution is 2.29. The number of carbonyl (C=O) groups excluding carboxylic acids is 1. The first-order valence-corrected chi connectivity index (χ1v) is 13.7. The van der Waals surface area contributed by atoms with E-state index in [0.29, 0.717) is 24.4 Å². The summed E-state index contributed by atoms with van der Waals surface area (Å²) in [4.78, 5) is 27.3. The first-order valence-electron chi connectivity index (χ1n) is 13.3. The Labute approximate surface area is 219 Å². The van der Waals surface area contributed by atoms with E-state index in [0.717, 1.165) is 55.0 Å². The molecule has 0 bridgehead atoms. The van der Waals surface area contributed by atoms with Crippen LogP contribution in [0, 0.1) is 0 Å². The molecule has 5 rings (SSSR count). The summed E-state index contributed by atoms with van der Waals surface area (Å²) in [5, 5.41) is 4.02. The number of benzene rings is 1. The van der Waals surface area contributed by atoms with Gasteiger partial charge in [-0.25, -0.2) is 0 Å². The van der Waals surface area contributed by atoms with Crippen LogP contribution in [0.4, 0.5) is 0 Å². The van der Waals surface area contributed by atoms with E-state index in [1.807, 2.05) is 42.8 Å². The van der Waals surface area contributed by atoms with Crippen LogP contribution in [0.5, 0.6) is 0 Å². The van der Waals surface area contributed by atoms with Crippen LogP contribution in [0.15, 0.2) is 57.8 Å². The summed E-state index contributed by atoms with van der Waals surface area (Å²) in [7, 11) is 0. The molecule has 0 aromatic heterocycles. The van der Waals surface area contributed by atoms with Gasteiger partial charge in [-0.05, 0) is 81.9 Å².